The van der Waals surface area contributed by atoms with E-state index in [1.54, 1.807) is 18.9 Å². The smallest absolute Gasteiger partial charge is 0.304 e. The molecular formula is C11H13N3O3S. The molecule has 1 unspecified atom stereocenters. The molecule has 0 bridgehead atoms. The van der Waals surface area contributed by atoms with Crippen molar-refractivity contribution >= 4 is 27.8 Å². The zero-order valence-electron chi connectivity index (χ0n) is 10.3. The van der Waals surface area contributed by atoms with Crippen molar-refractivity contribution in [1.82, 2.24) is 0 Å². The summed E-state index contributed by atoms with van der Waals surface area (Å²) in [6.07, 6.45) is 0. The maximum atomic E-state index is 11.3. The highest BCUT2D eigenvalue weighted by Crippen LogP contribution is 2.37. The maximum absolute atomic E-state index is 11.3. The monoisotopic (exact) mass is 267 g/mol. The Kier molecular flexibility index (Phi) is 4.39. The molecule has 0 amide bonds. The van der Waals surface area contributed by atoms with E-state index in [1.807, 2.05) is 0 Å². The van der Waals surface area contributed by atoms with Gasteiger partial charge < -0.3 is 4.90 Å². The fourth-order valence-electron chi connectivity index (χ4n) is 1.48. The number of rotatable bonds is 5. The van der Waals surface area contributed by atoms with Crippen molar-refractivity contribution in [3.8, 4) is 6.07 Å². The van der Waals surface area contributed by atoms with Crippen molar-refractivity contribution in [2.75, 3.05) is 18.5 Å². The molecule has 6 nitrogen and oxygen atoms in total. The van der Waals surface area contributed by atoms with Gasteiger partial charge >= 0.3 is 5.69 Å². The molecule has 1 heterocycles. The fourth-order valence-corrected chi connectivity index (χ4v) is 2.48. The number of nitriles is 1. The van der Waals surface area contributed by atoms with Gasteiger partial charge in [0.15, 0.2) is 10.8 Å². The van der Waals surface area contributed by atoms with Crippen LogP contribution < -0.4 is 4.90 Å². The van der Waals surface area contributed by atoms with Gasteiger partial charge in [-0.2, -0.15) is 5.26 Å². The molecule has 1 aromatic heterocycles. The molecule has 18 heavy (non-hydrogen) atoms. The van der Waals surface area contributed by atoms with E-state index >= 15 is 0 Å². The molecule has 0 saturated heterocycles. The van der Waals surface area contributed by atoms with E-state index in [0.717, 1.165) is 11.3 Å². The van der Waals surface area contributed by atoms with E-state index in [-0.39, 0.29) is 17.4 Å². The summed E-state index contributed by atoms with van der Waals surface area (Å²) in [5, 5.41) is 20.1. The average molecular weight is 267 g/mol. The highest BCUT2D eigenvalue weighted by atomic mass is 32.1. The van der Waals surface area contributed by atoms with E-state index in [4.69, 9.17) is 5.26 Å². The molecule has 0 N–H and O–H groups in total. The van der Waals surface area contributed by atoms with Crippen LogP contribution in [0, 0.1) is 27.4 Å². The number of carbonyl (C=O) groups excluding carboxylic acids is 1. The fraction of sp³-hybridized carbons (Fsp3) is 0.455. The van der Waals surface area contributed by atoms with Gasteiger partial charge in [-0.1, -0.05) is 0 Å². The molecule has 0 aliphatic rings. The van der Waals surface area contributed by atoms with E-state index < -0.39 is 4.92 Å². The van der Waals surface area contributed by atoms with Crippen LogP contribution >= 0.6 is 11.3 Å². The van der Waals surface area contributed by atoms with E-state index in [2.05, 4.69) is 6.07 Å². The first kappa shape index (κ1) is 14.1. The lowest BCUT2D eigenvalue weighted by molar-refractivity contribution is -0.383. The minimum absolute atomic E-state index is 0.0853. The van der Waals surface area contributed by atoms with Gasteiger partial charge in [0.05, 0.1) is 21.8 Å². The van der Waals surface area contributed by atoms with Gasteiger partial charge in [0, 0.05) is 19.7 Å². The lowest BCUT2D eigenvalue weighted by Crippen LogP contribution is -2.22. The molecule has 0 aromatic carbocycles. The van der Waals surface area contributed by atoms with E-state index in [0.29, 0.717) is 16.4 Å². The van der Waals surface area contributed by atoms with Crippen molar-refractivity contribution in [2.45, 2.75) is 13.8 Å². The van der Waals surface area contributed by atoms with E-state index in [9.17, 15) is 14.9 Å². The summed E-state index contributed by atoms with van der Waals surface area (Å²) in [6.45, 7) is 3.49. The Hall–Kier alpha value is -1.94. The largest absolute Gasteiger partial charge is 0.360 e. The third-order valence-electron chi connectivity index (χ3n) is 2.35. The van der Waals surface area contributed by atoms with Crippen LogP contribution in [0.2, 0.25) is 0 Å². The van der Waals surface area contributed by atoms with Crippen LogP contribution in [0.25, 0.3) is 0 Å². The molecule has 0 aliphatic carbocycles. The number of hydrogen-bond acceptors (Lipinski definition) is 6. The standard InChI is InChI=1S/C11H13N3O3S/c1-7(5-12)6-13(3)11-9(14(16)17)4-10(18-11)8(2)15/h4,7H,6H2,1-3H3. The first-order chi connectivity index (χ1) is 8.36. The van der Waals surface area contributed by atoms with Crippen molar-refractivity contribution in [1.29, 1.82) is 5.26 Å². The quantitative estimate of drug-likeness (QED) is 0.464. The number of nitrogens with zero attached hydrogens (tertiary/aromatic N) is 3. The summed E-state index contributed by atoms with van der Waals surface area (Å²) < 4.78 is 0. The lowest BCUT2D eigenvalue weighted by Gasteiger charge is -2.17. The number of carbonyl (C=O) groups is 1. The molecule has 0 fully saturated rings. The minimum atomic E-state index is -0.508. The van der Waals surface area contributed by atoms with Gasteiger partial charge in [-0.05, 0) is 13.8 Å². The number of hydrogen-bond donors (Lipinski definition) is 0. The van der Waals surface area contributed by atoms with Crippen molar-refractivity contribution < 1.29 is 9.72 Å². The van der Waals surface area contributed by atoms with Gasteiger partial charge in [0.1, 0.15) is 0 Å². The van der Waals surface area contributed by atoms with Crippen LogP contribution in [-0.2, 0) is 0 Å². The minimum Gasteiger partial charge on any atom is -0.360 e. The number of ketones is 1. The Morgan fingerprint density at radius 1 is 1.72 bits per heavy atom. The second-order valence-electron chi connectivity index (χ2n) is 4.03. The number of Topliss-reactive ketones (excluding diaryl/α,β-unsaturated/α-hetero) is 1. The Morgan fingerprint density at radius 2 is 2.33 bits per heavy atom. The molecule has 1 aromatic rings. The third-order valence-corrected chi connectivity index (χ3v) is 3.69. The van der Waals surface area contributed by atoms with Gasteiger partial charge in [-0.15, -0.1) is 11.3 Å². The molecular weight excluding hydrogens is 254 g/mol. The molecule has 96 valence electrons. The zero-order valence-corrected chi connectivity index (χ0v) is 11.2. The SMILES string of the molecule is CC(=O)c1cc([N+](=O)[O-])c(N(C)CC(C)C#N)s1. The van der Waals surface area contributed by atoms with Crippen LogP contribution in [0.3, 0.4) is 0 Å². The zero-order chi connectivity index (χ0) is 13.9. The summed E-state index contributed by atoms with van der Waals surface area (Å²) >= 11 is 1.08. The van der Waals surface area contributed by atoms with Crippen LogP contribution in [0.15, 0.2) is 6.07 Å². The molecule has 1 atom stereocenters. The molecule has 0 aliphatic heterocycles. The predicted molar refractivity (Wildman–Crippen MR) is 69.0 cm³/mol. The Balaban J connectivity index is 3.10. The van der Waals surface area contributed by atoms with Crippen LogP contribution in [0.1, 0.15) is 23.5 Å². The predicted octanol–water partition coefficient (Wildman–Crippen LogP) is 2.45. The van der Waals surface area contributed by atoms with Crippen LogP contribution in [0.5, 0.6) is 0 Å². The molecule has 1 rings (SSSR count). The molecule has 7 heteroatoms. The highest BCUT2D eigenvalue weighted by molar-refractivity contribution is 7.18. The van der Waals surface area contributed by atoms with Gasteiger partial charge in [0.2, 0.25) is 0 Å². The Morgan fingerprint density at radius 3 is 2.78 bits per heavy atom. The maximum Gasteiger partial charge on any atom is 0.304 e. The first-order valence-electron chi connectivity index (χ1n) is 5.26. The Labute approximate surface area is 109 Å². The second-order valence-corrected chi connectivity index (χ2v) is 5.06. The van der Waals surface area contributed by atoms with Crippen LogP contribution in [0.4, 0.5) is 10.7 Å². The summed E-state index contributed by atoms with van der Waals surface area (Å²) in [7, 11) is 1.68. The van der Waals surface area contributed by atoms with E-state index in [1.165, 1.54) is 13.0 Å². The number of nitro groups is 1. The summed E-state index contributed by atoms with van der Waals surface area (Å²) in [4.78, 5) is 23.7. The molecule has 0 radical (unpaired) electrons. The highest BCUT2D eigenvalue weighted by Gasteiger charge is 2.24. The van der Waals surface area contributed by atoms with Crippen molar-refractivity contribution in [2.24, 2.45) is 5.92 Å². The topological polar surface area (TPSA) is 87.2 Å². The summed E-state index contributed by atoms with van der Waals surface area (Å²) in [5.41, 5.74) is -0.0853. The van der Waals surface area contributed by atoms with Gasteiger partial charge in [-0.3, -0.25) is 14.9 Å². The van der Waals surface area contributed by atoms with Crippen molar-refractivity contribution in [3.05, 3.63) is 21.1 Å². The first-order valence-corrected chi connectivity index (χ1v) is 6.08. The normalized spacial score (nSPS) is 11.7. The molecule has 0 spiro atoms. The number of thiophene rings is 1. The number of anilines is 1. The van der Waals surface area contributed by atoms with Crippen molar-refractivity contribution in [3.63, 3.8) is 0 Å². The van der Waals surface area contributed by atoms with Gasteiger partial charge in [-0.25, -0.2) is 0 Å². The lowest BCUT2D eigenvalue weighted by atomic mass is 10.2. The average Bonchev–Trinajstić information content (AvgIpc) is 2.73. The third kappa shape index (κ3) is 3.05. The summed E-state index contributed by atoms with van der Waals surface area (Å²) in [5.74, 6) is -0.437. The Bertz CT molecular complexity index is 518. The second kappa shape index (κ2) is 5.60. The summed E-state index contributed by atoms with van der Waals surface area (Å²) in [6, 6.07) is 3.36. The van der Waals surface area contributed by atoms with Crippen LogP contribution in [-0.4, -0.2) is 24.3 Å². The van der Waals surface area contributed by atoms with Gasteiger partial charge in [0.25, 0.3) is 0 Å². The molecule has 0 saturated carbocycles.